The van der Waals surface area contributed by atoms with E-state index in [9.17, 15) is 0 Å². The summed E-state index contributed by atoms with van der Waals surface area (Å²) in [5.41, 5.74) is 4.25. The highest BCUT2D eigenvalue weighted by Gasteiger charge is 1.98. The number of aliphatic hydroxyl groups is 1. The zero-order chi connectivity index (χ0) is 10.7. The van der Waals surface area contributed by atoms with Crippen LogP contribution in [0.15, 0.2) is 42.7 Å². The highest BCUT2D eigenvalue weighted by molar-refractivity contribution is 5.63. The third kappa shape index (κ3) is 2.22. The summed E-state index contributed by atoms with van der Waals surface area (Å²) in [6.45, 7) is 2.10. The van der Waals surface area contributed by atoms with E-state index in [1.165, 1.54) is 5.56 Å². The van der Waals surface area contributed by atoms with Crippen molar-refractivity contribution in [1.29, 1.82) is 0 Å². The molecule has 0 amide bonds. The van der Waals surface area contributed by atoms with Crippen molar-refractivity contribution in [2.45, 2.75) is 13.5 Å². The predicted octanol–water partition coefficient (Wildman–Crippen LogP) is 2.55. The van der Waals surface area contributed by atoms with Crippen LogP contribution < -0.4 is 0 Å². The van der Waals surface area contributed by atoms with Crippen LogP contribution in [0.3, 0.4) is 0 Å². The topological polar surface area (TPSA) is 33.1 Å². The van der Waals surface area contributed by atoms with E-state index in [0.29, 0.717) is 0 Å². The summed E-state index contributed by atoms with van der Waals surface area (Å²) < 4.78 is 0. The number of aryl methyl sites for hydroxylation is 1. The van der Waals surface area contributed by atoms with Crippen LogP contribution in [-0.4, -0.2) is 10.1 Å². The summed E-state index contributed by atoms with van der Waals surface area (Å²) >= 11 is 0. The van der Waals surface area contributed by atoms with E-state index < -0.39 is 0 Å². The fraction of sp³-hybridized carbons (Fsp3) is 0.154. The van der Waals surface area contributed by atoms with Crippen molar-refractivity contribution in [1.82, 2.24) is 4.98 Å². The fourth-order valence-electron chi connectivity index (χ4n) is 1.48. The van der Waals surface area contributed by atoms with Gasteiger partial charge in [-0.3, -0.25) is 4.98 Å². The Morgan fingerprint density at radius 2 is 1.80 bits per heavy atom. The van der Waals surface area contributed by atoms with Gasteiger partial charge in [0.1, 0.15) is 0 Å². The molecule has 0 aliphatic rings. The Kier molecular flexibility index (Phi) is 2.79. The van der Waals surface area contributed by atoms with Gasteiger partial charge in [0.15, 0.2) is 0 Å². The largest absolute Gasteiger partial charge is 0.392 e. The molecule has 0 fully saturated rings. The molecule has 76 valence electrons. The number of aromatic nitrogens is 1. The van der Waals surface area contributed by atoms with Crippen LogP contribution in [0.2, 0.25) is 0 Å². The zero-order valence-corrected chi connectivity index (χ0v) is 8.64. The minimum atomic E-state index is 0.0344. The molecule has 0 saturated heterocycles. The van der Waals surface area contributed by atoms with Crippen LogP contribution in [-0.2, 0) is 6.61 Å². The van der Waals surface area contributed by atoms with Gasteiger partial charge in [0, 0.05) is 18.0 Å². The first-order valence-corrected chi connectivity index (χ1v) is 4.91. The molecular formula is C13H13NO. The number of rotatable bonds is 2. The standard InChI is InChI=1S/C13H13NO/c1-10-2-4-12(5-3-10)13-6-11(9-15)7-14-8-13/h2-8,15H,9H2,1H3. The minimum Gasteiger partial charge on any atom is -0.392 e. The summed E-state index contributed by atoms with van der Waals surface area (Å²) in [7, 11) is 0. The van der Waals surface area contributed by atoms with Gasteiger partial charge in [-0.05, 0) is 24.1 Å². The number of hydrogen-bond acceptors (Lipinski definition) is 2. The maximum Gasteiger partial charge on any atom is 0.0697 e. The van der Waals surface area contributed by atoms with E-state index >= 15 is 0 Å². The van der Waals surface area contributed by atoms with Gasteiger partial charge in [-0.15, -0.1) is 0 Å². The lowest BCUT2D eigenvalue weighted by atomic mass is 10.0. The second kappa shape index (κ2) is 4.24. The molecule has 0 radical (unpaired) electrons. The van der Waals surface area contributed by atoms with E-state index in [1.54, 1.807) is 6.20 Å². The van der Waals surface area contributed by atoms with Crippen molar-refractivity contribution in [2.75, 3.05) is 0 Å². The molecule has 1 N–H and O–H groups in total. The predicted molar refractivity (Wildman–Crippen MR) is 60.3 cm³/mol. The van der Waals surface area contributed by atoms with Crippen LogP contribution in [0.4, 0.5) is 0 Å². The SMILES string of the molecule is Cc1ccc(-c2cncc(CO)c2)cc1. The molecule has 0 spiro atoms. The fourth-order valence-corrected chi connectivity index (χ4v) is 1.48. The number of pyridine rings is 1. The van der Waals surface area contributed by atoms with Crippen molar-refractivity contribution < 1.29 is 5.11 Å². The number of aliphatic hydroxyl groups excluding tert-OH is 1. The van der Waals surface area contributed by atoms with Crippen molar-refractivity contribution in [3.05, 3.63) is 53.9 Å². The summed E-state index contributed by atoms with van der Waals surface area (Å²) in [6, 6.07) is 10.2. The summed E-state index contributed by atoms with van der Waals surface area (Å²) in [4.78, 5) is 4.09. The van der Waals surface area contributed by atoms with Crippen molar-refractivity contribution in [3.63, 3.8) is 0 Å². The van der Waals surface area contributed by atoms with Gasteiger partial charge >= 0.3 is 0 Å². The molecule has 0 unspecified atom stereocenters. The molecule has 15 heavy (non-hydrogen) atoms. The molecule has 0 saturated carbocycles. The van der Waals surface area contributed by atoms with E-state index in [0.717, 1.165) is 16.7 Å². The molecule has 0 aliphatic carbocycles. The molecule has 2 nitrogen and oxygen atoms in total. The third-order valence-corrected chi connectivity index (χ3v) is 2.36. The van der Waals surface area contributed by atoms with Crippen LogP contribution in [0.5, 0.6) is 0 Å². The lowest BCUT2D eigenvalue weighted by molar-refractivity contribution is 0.281. The molecule has 1 aromatic carbocycles. The summed E-state index contributed by atoms with van der Waals surface area (Å²) in [5, 5.41) is 9.01. The number of benzene rings is 1. The Morgan fingerprint density at radius 1 is 1.07 bits per heavy atom. The summed E-state index contributed by atoms with van der Waals surface area (Å²) in [5.74, 6) is 0. The van der Waals surface area contributed by atoms with E-state index in [4.69, 9.17) is 5.11 Å². The van der Waals surface area contributed by atoms with Crippen LogP contribution >= 0.6 is 0 Å². The van der Waals surface area contributed by atoms with Gasteiger partial charge in [-0.1, -0.05) is 29.8 Å². The van der Waals surface area contributed by atoms with Crippen LogP contribution in [0.1, 0.15) is 11.1 Å². The Morgan fingerprint density at radius 3 is 2.47 bits per heavy atom. The second-order valence-corrected chi connectivity index (χ2v) is 3.61. The summed E-state index contributed by atoms with van der Waals surface area (Å²) in [6.07, 6.45) is 3.49. The van der Waals surface area contributed by atoms with E-state index in [-0.39, 0.29) is 6.61 Å². The molecule has 2 rings (SSSR count). The number of nitrogens with zero attached hydrogens (tertiary/aromatic N) is 1. The van der Waals surface area contributed by atoms with E-state index in [1.807, 2.05) is 12.3 Å². The average Bonchev–Trinajstić information content (AvgIpc) is 2.30. The van der Waals surface area contributed by atoms with Gasteiger partial charge < -0.3 is 5.11 Å². The molecule has 0 atom stereocenters. The zero-order valence-electron chi connectivity index (χ0n) is 8.64. The Bertz CT molecular complexity index is 448. The van der Waals surface area contributed by atoms with Crippen molar-refractivity contribution in [2.24, 2.45) is 0 Å². The molecule has 1 heterocycles. The second-order valence-electron chi connectivity index (χ2n) is 3.61. The Hall–Kier alpha value is -1.67. The van der Waals surface area contributed by atoms with Gasteiger partial charge in [0.25, 0.3) is 0 Å². The normalized spacial score (nSPS) is 10.3. The smallest absolute Gasteiger partial charge is 0.0697 e. The Labute approximate surface area is 89.2 Å². The van der Waals surface area contributed by atoms with Crippen molar-refractivity contribution in [3.8, 4) is 11.1 Å². The average molecular weight is 199 g/mol. The van der Waals surface area contributed by atoms with E-state index in [2.05, 4.69) is 36.2 Å². The Balaban J connectivity index is 2.40. The van der Waals surface area contributed by atoms with Gasteiger partial charge in [0.2, 0.25) is 0 Å². The highest BCUT2D eigenvalue weighted by Crippen LogP contribution is 2.19. The minimum absolute atomic E-state index is 0.0344. The maximum atomic E-state index is 9.01. The lowest BCUT2D eigenvalue weighted by Gasteiger charge is -2.03. The van der Waals surface area contributed by atoms with Gasteiger partial charge in [-0.25, -0.2) is 0 Å². The molecular weight excluding hydrogens is 186 g/mol. The van der Waals surface area contributed by atoms with Crippen molar-refractivity contribution >= 4 is 0 Å². The highest BCUT2D eigenvalue weighted by atomic mass is 16.3. The van der Waals surface area contributed by atoms with Gasteiger partial charge in [-0.2, -0.15) is 0 Å². The van der Waals surface area contributed by atoms with Crippen LogP contribution in [0, 0.1) is 6.92 Å². The molecule has 2 aromatic rings. The molecule has 0 aliphatic heterocycles. The first-order valence-electron chi connectivity index (χ1n) is 4.91. The lowest BCUT2D eigenvalue weighted by Crippen LogP contribution is -1.87. The quantitative estimate of drug-likeness (QED) is 0.806. The first-order chi connectivity index (χ1) is 7.29. The molecule has 0 bridgehead atoms. The molecule has 1 aromatic heterocycles. The third-order valence-electron chi connectivity index (χ3n) is 2.36. The number of hydrogen-bond donors (Lipinski definition) is 1. The maximum absolute atomic E-state index is 9.01. The van der Waals surface area contributed by atoms with Gasteiger partial charge in [0.05, 0.1) is 6.61 Å². The first kappa shape index (κ1) is 9.87. The molecule has 2 heteroatoms. The van der Waals surface area contributed by atoms with Crippen LogP contribution in [0.25, 0.3) is 11.1 Å². The monoisotopic (exact) mass is 199 g/mol.